The van der Waals surface area contributed by atoms with Gasteiger partial charge < -0.3 is 28.5 Å². The van der Waals surface area contributed by atoms with Gasteiger partial charge in [0.05, 0.1) is 34.4 Å². The molecule has 496 valence electrons. The zero-order valence-corrected chi connectivity index (χ0v) is 56.7. The smallest absolute Gasteiger partial charge is 0.361 e. The van der Waals surface area contributed by atoms with Crippen LogP contribution in [-0.2, 0) is 33.3 Å². The molecule has 0 aliphatic rings. The van der Waals surface area contributed by atoms with Crippen molar-refractivity contribution in [2.45, 2.75) is 328 Å². The number of hydrogen-bond donors (Lipinski definition) is 1. The van der Waals surface area contributed by atoms with Crippen LogP contribution in [0.15, 0.2) is 97.2 Å². The Morgan fingerprint density at radius 1 is 0.360 bits per heavy atom. The molecule has 1 N–H and O–H groups in total. The van der Waals surface area contributed by atoms with Gasteiger partial charge in [0.2, 0.25) is 0 Å². The average molecular weight is 1200 g/mol. The maximum absolute atomic E-state index is 12.9. The molecular weight excluding hydrogens is 1070 g/mol. The molecule has 0 rings (SSSR count). The molecule has 0 aromatic rings. The molecule has 2 unspecified atom stereocenters. The van der Waals surface area contributed by atoms with E-state index in [-0.39, 0.29) is 32.2 Å². The summed E-state index contributed by atoms with van der Waals surface area (Å²) >= 11 is 0. The standard InChI is InChI=1S/C77H135NO8/c1-6-8-10-12-14-16-18-20-22-24-26-28-30-32-34-36-37-38-40-41-43-45-47-49-51-53-55-57-59-61-63-65-67-74(79)84-71-73(72-85-77(76(81)82)83-70-69-78(3,4)5)86-75(80)68-66-64-62-60-58-56-54-52-50-48-46-44-42-39-35-33-31-29-27-25-23-21-19-17-15-13-11-9-7-2/h9,11,15,17,21,23,27,29,33,35,42,44,48,50,54,56,73,77H,6-8,10,12-14,16,18-20,22,24-26,28,30-32,34,36-41,43,45-47,49,51-53,55,57-72H2,1-5H3/p+1/b11-9-,17-15-,23-21-,29-27-,35-33-,44-42-,50-48-,56-54-. The molecular formula is C77H136NO8+. The van der Waals surface area contributed by atoms with Gasteiger partial charge in [-0.15, -0.1) is 0 Å². The van der Waals surface area contributed by atoms with Crippen LogP contribution in [0.25, 0.3) is 0 Å². The Morgan fingerprint density at radius 3 is 0.988 bits per heavy atom. The fraction of sp³-hybridized carbons (Fsp3) is 0.753. The number of carboxylic acids is 1. The van der Waals surface area contributed by atoms with Gasteiger partial charge >= 0.3 is 17.9 Å². The summed E-state index contributed by atoms with van der Waals surface area (Å²) in [5.74, 6) is -2.03. The molecule has 0 saturated heterocycles. The van der Waals surface area contributed by atoms with Gasteiger partial charge in [0.1, 0.15) is 13.2 Å². The molecule has 0 amide bonds. The molecule has 0 spiro atoms. The molecule has 86 heavy (non-hydrogen) atoms. The normalized spacial score (nSPS) is 13.3. The first-order valence-corrected chi connectivity index (χ1v) is 35.9. The molecule has 2 atom stereocenters. The van der Waals surface area contributed by atoms with E-state index >= 15 is 0 Å². The van der Waals surface area contributed by atoms with Crippen LogP contribution < -0.4 is 0 Å². The maximum atomic E-state index is 12.9. The lowest BCUT2D eigenvalue weighted by atomic mass is 10.0. The lowest BCUT2D eigenvalue weighted by Gasteiger charge is -2.25. The third-order valence-corrected chi connectivity index (χ3v) is 15.6. The minimum absolute atomic E-state index is 0.179. The summed E-state index contributed by atoms with van der Waals surface area (Å²) in [6.07, 6.45) is 89.6. The minimum atomic E-state index is -1.52. The Bertz CT molecular complexity index is 1730. The van der Waals surface area contributed by atoms with E-state index in [0.717, 1.165) is 96.3 Å². The summed E-state index contributed by atoms with van der Waals surface area (Å²) in [5.41, 5.74) is 0. The largest absolute Gasteiger partial charge is 0.477 e. The van der Waals surface area contributed by atoms with Gasteiger partial charge in [-0.05, 0) is 77.0 Å². The van der Waals surface area contributed by atoms with E-state index in [1.807, 2.05) is 21.1 Å². The summed E-state index contributed by atoms with van der Waals surface area (Å²) in [6, 6.07) is 0. The first kappa shape index (κ1) is 82.2. The predicted octanol–water partition coefficient (Wildman–Crippen LogP) is 22.4. The number of carbonyl (C=O) groups is 3. The van der Waals surface area contributed by atoms with Crippen LogP contribution in [0.1, 0.15) is 316 Å². The molecule has 0 bridgehead atoms. The third-order valence-electron chi connectivity index (χ3n) is 15.6. The number of rotatable bonds is 66. The Balaban J connectivity index is 4.15. The molecule has 0 aliphatic heterocycles. The van der Waals surface area contributed by atoms with E-state index in [1.165, 1.54) is 186 Å². The molecule has 0 radical (unpaired) electrons. The van der Waals surface area contributed by atoms with Gasteiger partial charge in [-0.25, -0.2) is 4.79 Å². The number of esters is 2. The zero-order chi connectivity index (χ0) is 62.6. The van der Waals surface area contributed by atoms with Crippen molar-refractivity contribution >= 4 is 17.9 Å². The fourth-order valence-electron chi connectivity index (χ4n) is 10.2. The van der Waals surface area contributed by atoms with Crippen molar-refractivity contribution in [1.82, 2.24) is 0 Å². The van der Waals surface area contributed by atoms with E-state index in [0.29, 0.717) is 23.9 Å². The first-order valence-electron chi connectivity index (χ1n) is 35.9. The Morgan fingerprint density at radius 2 is 0.663 bits per heavy atom. The number of allylic oxidation sites excluding steroid dienone is 16. The lowest BCUT2D eigenvalue weighted by molar-refractivity contribution is -0.870. The van der Waals surface area contributed by atoms with E-state index in [4.69, 9.17) is 18.9 Å². The summed E-state index contributed by atoms with van der Waals surface area (Å²) in [5, 5.41) is 9.75. The van der Waals surface area contributed by atoms with Crippen LogP contribution in [0.2, 0.25) is 0 Å². The van der Waals surface area contributed by atoms with Gasteiger partial charge in [0, 0.05) is 12.8 Å². The van der Waals surface area contributed by atoms with Crippen molar-refractivity contribution in [1.29, 1.82) is 0 Å². The minimum Gasteiger partial charge on any atom is -0.477 e. The quantitative estimate of drug-likeness (QED) is 0.0211. The highest BCUT2D eigenvalue weighted by Gasteiger charge is 2.25. The van der Waals surface area contributed by atoms with Crippen molar-refractivity contribution < 1.29 is 42.9 Å². The van der Waals surface area contributed by atoms with Gasteiger partial charge in [-0.3, -0.25) is 9.59 Å². The van der Waals surface area contributed by atoms with Crippen LogP contribution >= 0.6 is 0 Å². The summed E-state index contributed by atoms with van der Waals surface area (Å²) < 4.78 is 23.0. The topological polar surface area (TPSA) is 108 Å². The van der Waals surface area contributed by atoms with E-state index < -0.39 is 24.3 Å². The second kappa shape index (κ2) is 67.1. The molecule has 0 aliphatic carbocycles. The first-order chi connectivity index (χ1) is 42.1. The molecule has 0 aromatic heterocycles. The highest BCUT2D eigenvalue weighted by Crippen LogP contribution is 2.18. The molecule has 0 aromatic carbocycles. The van der Waals surface area contributed by atoms with E-state index in [2.05, 4.69) is 111 Å². The van der Waals surface area contributed by atoms with Gasteiger partial charge in [0.15, 0.2) is 6.10 Å². The van der Waals surface area contributed by atoms with Gasteiger partial charge in [-0.2, -0.15) is 0 Å². The highest BCUT2D eigenvalue weighted by atomic mass is 16.7. The van der Waals surface area contributed by atoms with Crippen molar-refractivity contribution in [3.8, 4) is 0 Å². The molecule has 0 heterocycles. The number of quaternary nitrogens is 1. The number of unbranched alkanes of at least 4 members (excludes halogenated alkanes) is 35. The van der Waals surface area contributed by atoms with Crippen LogP contribution in [-0.4, -0.2) is 87.4 Å². The number of aliphatic carboxylic acids is 1. The monoisotopic (exact) mass is 1200 g/mol. The molecule has 0 saturated carbocycles. The fourth-order valence-corrected chi connectivity index (χ4v) is 10.2. The second-order valence-electron chi connectivity index (χ2n) is 25.2. The number of carbonyl (C=O) groups excluding carboxylic acids is 2. The molecule has 9 nitrogen and oxygen atoms in total. The van der Waals surface area contributed by atoms with Crippen molar-refractivity contribution in [2.24, 2.45) is 0 Å². The van der Waals surface area contributed by atoms with Crippen LogP contribution in [0.3, 0.4) is 0 Å². The van der Waals surface area contributed by atoms with Crippen molar-refractivity contribution in [2.75, 3.05) is 47.5 Å². The summed E-state index contributed by atoms with van der Waals surface area (Å²) in [6.45, 7) is 4.77. The summed E-state index contributed by atoms with van der Waals surface area (Å²) in [4.78, 5) is 37.6. The SMILES string of the molecule is CC/C=C\C/C=C\C/C=C\C/C=C\C/C=C\C/C=C\C/C=C\C/C=C\CCCCCCC(=O)OC(COC(=O)CCCCCCCCCCCCCCCCCCCCCCCCCCCCCCCCCC)COC(OCC[N+](C)(C)C)C(=O)O. The Kier molecular flexibility index (Phi) is 64.2. The zero-order valence-electron chi connectivity index (χ0n) is 56.7. The second-order valence-corrected chi connectivity index (χ2v) is 25.2. The van der Waals surface area contributed by atoms with E-state index in [9.17, 15) is 19.5 Å². The van der Waals surface area contributed by atoms with E-state index in [1.54, 1.807) is 0 Å². The van der Waals surface area contributed by atoms with Gasteiger partial charge in [-0.1, -0.05) is 323 Å². The Labute approximate surface area is 531 Å². The van der Waals surface area contributed by atoms with Crippen LogP contribution in [0, 0.1) is 0 Å². The molecule has 0 fully saturated rings. The number of carboxylic acid groups (broad SMARTS) is 1. The Hall–Kier alpha value is -3.79. The average Bonchev–Trinajstić information content (AvgIpc) is 3.64. The van der Waals surface area contributed by atoms with Crippen LogP contribution in [0.5, 0.6) is 0 Å². The van der Waals surface area contributed by atoms with Gasteiger partial charge in [0.25, 0.3) is 6.29 Å². The number of hydrogen-bond acceptors (Lipinski definition) is 7. The third kappa shape index (κ3) is 67.7. The number of nitrogens with zero attached hydrogens (tertiary/aromatic N) is 1. The highest BCUT2D eigenvalue weighted by molar-refractivity contribution is 5.71. The lowest BCUT2D eigenvalue weighted by Crippen LogP contribution is -2.40. The number of likely N-dealkylation sites (N-methyl/N-ethyl adjacent to an activating group) is 1. The number of ether oxygens (including phenoxy) is 4. The maximum Gasteiger partial charge on any atom is 0.361 e. The van der Waals surface area contributed by atoms with Crippen LogP contribution in [0.4, 0.5) is 0 Å². The molecule has 9 heteroatoms. The van der Waals surface area contributed by atoms with Crippen molar-refractivity contribution in [3.05, 3.63) is 97.2 Å². The summed E-state index contributed by atoms with van der Waals surface area (Å²) in [7, 11) is 5.97. The predicted molar refractivity (Wildman–Crippen MR) is 369 cm³/mol. The van der Waals surface area contributed by atoms with Crippen molar-refractivity contribution in [3.63, 3.8) is 0 Å².